The zero-order valence-electron chi connectivity index (χ0n) is 12.4. The molecular weight excluding hydrogens is 342 g/mol. The summed E-state index contributed by atoms with van der Waals surface area (Å²) in [5.41, 5.74) is 3.33. The first-order valence-corrected chi connectivity index (χ1v) is 8.20. The average molecular weight is 360 g/mol. The summed E-state index contributed by atoms with van der Waals surface area (Å²) in [5.74, 6) is 0.988. The fourth-order valence-electron chi connectivity index (χ4n) is 2.66. The first-order valence-electron chi connectivity index (χ1n) is 7.41. The van der Waals surface area contributed by atoms with Gasteiger partial charge in [0.2, 0.25) is 5.91 Å². The molecule has 0 fully saturated rings. The topological polar surface area (TPSA) is 38.3 Å². The SMILES string of the molecule is CC(NC(=O)Cc1ccc2c(c1)CCO2)c1ccc(Br)cc1. The molecule has 0 saturated carbocycles. The van der Waals surface area contributed by atoms with Crippen LogP contribution in [0.3, 0.4) is 0 Å². The van der Waals surface area contributed by atoms with E-state index in [9.17, 15) is 4.79 Å². The number of nitrogens with one attached hydrogen (secondary N) is 1. The molecule has 0 saturated heterocycles. The van der Waals surface area contributed by atoms with Crippen LogP contribution < -0.4 is 10.1 Å². The Hall–Kier alpha value is -1.81. The third kappa shape index (κ3) is 3.50. The Morgan fingerprint density at radius 2 is 2.05 bits per heavy atom. The average Bonchev–Trinajstić information content (AvgIpc) is 2.95. The first-order chi connectivity index (χ1) is 10.6. The van der Waals surface area contributed by atoms with E-state index in [0.29, 0.717) is 6.42 Å². The number of amides is 1. The molecule has 1 unspecified atom stereocenters. The highest BCUT2D eigenvalue weighted by atomic mass is 79.9. The number of rotatable bonds is 4. The summed E-state index contributed by atoms with van der Waals surface area (Å²) in [6.07, 6.45) is 1.33. The Bertz CT molecular complexity index is 682. The minimum atomic E-state index is -0.00152. The van der Waals surface area contributed by atoms with Crippen LogP contribution >= 0.6 is 15.9 Å². The van der Waals surface area contributed by atoms with Gasteiger partial charge < -0.3 is 10.1 Å². The molecule has 2 aromatic carbocycles. The van der Waals surface area contributed by atoms with Crippen LogP contribution in [0.5, 0.6) is 5.75 Å². The first kappa shape index (κ1) is 15.1. The van der Waals surface area contributed by atoms with Crippen LogP contribution in [0.2, 0.25) is 0 Å². The number of hydrogen-bond donors (Lipinski definition) is 1. The van der Waals surface area contributed by atoms with Gasteiger partial charge in [-0.3, -0.25) is 4.79 Å². The van der Waals surface area contributed by atoms with Crippen molar-refractivity contribution in [1.82, 2.24) is 5.32 Å². The van der Waals surface area contributed by atoms with Gasteiger partial charge in [-0.05, 0) is 41.8 Å². The van der Waals surface area contributed by atoms with E-state index in [1.165, 1.54) is 5.56 Å². The minimum Gasteiger partial charge on any atom is -0.493 e. The van der Waals surface area contributed by atoms with Crippen LogP contribution in [0.15, 0.2) is 46.9 Å². The summed E-state index contributed by atoms with van der Waals surface area (Å²) in [6, 6.07) is 14.0. The van der Waals surface area contributed by atoms with Crippen LogP contribution in [-0.2, 0) is 17.6 Å². The lowest BCUT2D eigenvalue weighted by atomic mass is 10.0. The van der Waals surface area contributed by atoms with E-state index in [0.717, 1.165) is 34.4 Å². The van der Waals surface area contributed by atoms with Crippen molar-refractivity contribution in [1.29, 1.82) is 0 Å². The number of ether oxygens (including phenoxy) is 1. The molecule has 1 aliphatic heterocycles. The second-order valence-electron chi connectivity index (χ2n) is 5.56. The monoisotopic (exact) mass is 359 g/mol. The van der Waals surface area contributed by atoms with Gasteiger partial charge in [0.25, 0.3) is 0 Å². The van der Waals surface area contributed by atoms with Crippen molar-refractivity contribution in [2.75, 3.05) is 6.61 Å². The molecule has 2 aromatic rings. The molecule has 1 aliphatic rings. The minimum absolute atomic E-state index is 0.00152. The van der Waals surface area contributed by atoms with Crippen LogP contribution in [0.1, 0.15) is 29.7 Å². The Morgan fingerprint density at radius 1 is 1.27 bits per heavy atom. The maximum Gasteiger partial charge on any atom is 0.224 e. The van der Waals surface area contributed by atoms with Crippen LogP contribution in [-0.4, -0.2) is 12.5 Å². The summed E-state index contributed by atoms with van der Waals surface area (Å²) in [6.45, 7) is 2.74. The van der Waals surface area contributed by atoms with Crippen molar-refractivity contribution in [3.8, 4) is 5.75 Å². The second kappa shape index (κ2) is 6.53. The molecule has 1 atom stereocenters. The third-order valence-corrected chi connectivity index (χ3v) is 4.39. The van der Waals surface area contributed by atoms with Gasteiger partial charge in [0, 0.05) is 10.9 Å². The van der Waals surface area contributed by atoms with Gasteiger partial charge in [-0.25, -0.2) is 0 Å². The van der Waals surface area contributed by atoms with Crippen molar-refractivity contribution in [3.05, 3.63) is 63.6 Å². The molecular formula is C18H18BrNO2. The number of benzene rings is 2. The molecule has 0 aliphatic carbocycles. The van der Waals surface area contributed by atoms with Gasteiger partial charge in [0.1, 0.15) is 5.75 Å². The van der Waals surface area contributed by atoms with Gasteiger partial charge >= 0.3 is 0 Å². The molecule has 3 rings (SSSR count). The summed E-state index contributed by atoms with van der Waals surface area (Å²) < 4.78 is 6.52. The van der Waals surface area contributed by atoms with Crippen LogP contribution in [0, 0.1) is 0 Å². The second-order valence-corrected chi connectivity index (χ2v) is 6.47. The molecule has 0 bridgehead atoms. The molecule has 1 N–H and O–H groups in total. The summed E-state index contributed by atoms with van der Waals surface area (Å²) in [5, 5.41) is 3.05. The van der Waals surface area contributed by atoms with E-state index >= 15 is 0 Å². The largest absolute Gasteiger partial charge is 0.493 e. The number of fused-ring (bicyclic) bond motifs is 1. The number of hydrogen-bond acceptors (Lipinski definition) is 2. The van der Waals surface area contributed by atoms with Gasteiger partial charge in [-0.1, -0.05) is 40.2 Å². The Labute approximate surface area is 138 Å². The summed E-state index contributed by atoms with van der Waals surface area (Å²) >= 11 is 3.42. The third-order valence-electron chi connectivity index (χ3n) is 3.87. The molecule has 1 heterocycles. The lowest BCUT2D eigenvalue weighted by molar-refractivity contribution is -0.121. The van der Waals surface area contributed by atoms with E-state index in [-0.39, 0.29) is 11.9 Å². The predicted octanol–water partition coefficient (Wildman–Crippen LogP) is 3.80. The zero-order valence-corrected chi connectivity index (χ0v) is 14.0. The lowest BCUT2D eigenvalue weighted by Gasteiger charge is -2.14. The van der Waals surface area contributed by atoms with Crippen molar-refractivity contribution < 1.29 is 9.53 Å². The highest BCUT2D eigenvalue weighted by Gasteiger charge is 2.14. The normalized spacial score (nSPS) is 14.1. The summed E-state index contributed by atoms with van der Waals surface area (Å²) in [4.78, 5) is 12.2. The maximum absolute atomic E-state index is 12.2. The van der Waals surface area contributed by atoms with Crippen molar-refractivity contribution >= 4 is 21.8 Å². The predicted molar refractivity (Wildman–Crippen MR) is 90.0 cm³/mol. The van der Waals surface area contributed by atoms with E-state index in [1.807, 2.05) is 43.3 Å². The molecule has 0 radical (unpaired) electrons. The molecule has 0 aromatic heterocycles. The van der Waals surface area contributed by atoms with Crippen molar-refractivity contribution in [2.45, 2.75) is 25.8 Å². The van der Waals surface area contributed by atoms with Crippen LogP contribution in [0.4, 0.5) is 0 Å². The smallest absolute Gasteiger partial charge is 0.224 e. The Balaban J connectivity index is 1.61. The summed E-state index contributed by atoms with van der Waals surface area (Å²) in [7, 11) is 0. The standard InChI is InChI=1S/C18H18BrNO2/c1-12(14-3-5-16(19)6-4-14)20-18(21)11-13-2-7-17-15(10-13)8-9-22-17/h2-7,10,12H,8-9,11H2,1H3,(H,20,21). The molecule has 0 spiro atoms. The van der Waals surface area contributed by atoms with Gasteiger partial charge in [0.15, 0.2) is 0 Å². The molecule has 3 nitrogen and oxygen atoms in total. The van der Waals surface area contributed by atoms with Gasteiger partial charge in [0.05, 0.1) is 19.1 Å². The molecule has 1 amide bonds. The van der Waals surface area contributed by atoms with E-state index in [4.69, 9.17) is 4.74 Å². The fraction of sp³-hybridized carbons (Fsp3) is 0.278. The molecule has 4 heteroatoms. The van der Waals surface area contributed by atoms with E-state index < -0.39 is 0 Å². The Morgan fingerprint density at radius 3 is 2.82 bits per heavy atom. The van der Waals surface area contributed by atoms with Crippen molar-refractivity contribution in [3.63, 3.8) is 0 Å². The van der Waals surface area contributed by atoms with E-state index in [2.05, 4.69) is 27.3 Å². The number of carbonyl (C=O) groups is 1. The van der Waals surface area contributed by atoms with E-state index in [1.54, 1.807) is 0 Å². The lowest BCUT2D eigenvalue weighted by Crippen LogP contribution is -2.28. The maximum atomic E-state index is 12.2. The van der Waals surface area contributed by atoms with Crippen molar-refractivity contribution in [2.24, 2.45) is 0 Å². The fourth-order valence-corrected chi connectivity index (χ4v) is 2.93. The molecule has 114 valence electrons. The van der Waals surface area contributed by atoms with Crippen LogP contribution in [0.25, 0.3) is 0 Å². The quantitative estimate of drug-likeness (QED) is 0.901. The highest BCUT2D eigenvalue weighted by Crippen LogP contribution is 2.26. The number of carbonyl (C=O) groups excluding carboxylic acids is 1. The van der Waals surface area contributed by atoms with Gasteiger partial charge in [-0.15, -0.1) is 0 Å². The van der Waals surface area contributed by atoms with Gasteiger partial charge in [-0.2, -0.15) is 0 Å². The Kier molecular flexibility index (Phi) is 4.48. The highest BCUT2D eigenvalue weighted by molar-refractivity contribution is 9.10. The zero-order chi connectivity index (χ0) is 15.5. The number of halogens is 1. The molecule has 22 heavy (non-hydrogen) atoms.